The summed E-state index contributed by atoms with van der Waals surface area (Å²) >= 11 is 0. The fraction of sp³-hybridized carbons (Fsp3) is 0.364. The lowest BCUT2D eigenvalue weighted by Gasteiger charge is -2.25. The molecule has 1 aliphatic heterocycles. The highest BCUT2D eigenvalue weighted by Crippen LogP contribution is 2.39. The van der Waals surface area contributed by atoms with Crippen LogP contribution in [0.3, 0.4) is 0 Å². The van der Waals surface area contributed by atoms with Gasteiger partial charge < -0.3 is 9.47 Å². The molecule has 2 rings (SSSR count). The van der Waals surface area contributed by atoms with Gasteiger partial charge in [-0.3, -0.25) is 0 Å². The quantitative estimate of drug-likeness (QED) is 0.673. The molecule has 1 atom stereocenters. The SMILES string of the molecule is CCC1(OC)OC(=O)c2ccccc21. The van der Waals surface area contributed by atoms with E-state index in [1.807, 2.05) is 25.1 Å². The average Bonchev–Trinajstić information content (AvgIpc) is 2.53. The summed E-state index contributed by atoms with van der Waals surface area (Å²) in [5.74, 6) is -1.17. The molecule has 1 aliphatic rings. The van der Waals surface area contributed by atoms with Crippen LogP contribution in [0.25, 0.3) is 0 Å². The molecule has 0 aromatic heterocycles. The van der Waals surface area contributed by atoms with E-state index in [4.69, 9.17) is 9.47 Å². The predicted octanol–water partition coefficient (Wildman–Crippen LogP) is 2.07. The number of esters is 1. The smallest absolute Gasteiger partial charge is 0.341 e. The van der Waals surface area contributed by atoms with Gasteiger partial charge in [0.2, 0.25) is 5.79 Å². The monoisotopic (exact) mass is 192 g/mol. The lowest BCUT2D eigenvalue weighted by Crippen LogP contribution is -2.27. The molecule has 0 saturated heterocycles. The van der Waals surface area contributed by atoms with Crippen LogP contribution in [0.2, 0.25) is 0 Å². The standard InChI is InChI=1S/C11H12O3/c1-3-11(13-2)9-7-5-4-6-8(9)10(12)14-11/h4-7H,3H2,1-2H3. The first-order chi connectivity index (χ1) is 6.73. The predicted molar refractivity (Wildman–Crippen MR) is 50.8 cm³/mol. The topological polar surface area (TPSA) is 35.5 Å². The Labute approximate surface area is 82.6 Å². The number of carbonyl (C=O) groups is 1. The van der Waals surface area contributed by atoms with Gasteiger partial charge in [0, 0.05) is 19.1 Å². The lowest BCUT2D eigenvalue weighted by atomic mass is 10.0. The van der Waals surface area contributed by atoms with E-state index in [1.54, 1.807) is 13.2 Å². The van der Waals surface area contributed by atoms with Crippen molar-refractivity contribution in [3.63, 3.8) is 0 Å². The van der Waals surface area contributed by atoms with Gasteiger partial charge in [0.15, 0.2) is 0 Å². The molecule has 0 saturated carbocycles. The van der Waals surface area contributed by atoms with Crippen molar-refractivity contribution in [1.82, 2.24) is 0 Å². The van der Waals surface area contributed by atoms with Crippen LogP contribution in [0, 0.1) is 0 Å². The van der Waals surface area contributed by atoms with Gasteiger partial charge in [0.05, 0.1) is 5.56 Å². The molecular weight excluding hydrogens is 180 g/mol. The summed E-state index contributed by atoms with van der Waals surface area (Å²) in [5.41, 5.74) is 1.44. The van der Waals surface area contributed by atoms with Crippen molar-refractivity contribution in [2.75, 3.05) is 7.11 Å². The first-order valence-corrected chi connectivity index (χ1v) is 4.61. The van der Waals surface area contributed by atoms with Gasteiger partial charge in [-0.05, 0) is 6.07 Å². The normalized spacial score (nSPS) is 24.6. The second-order valence-electron chi connectivity index (χ2n) is 3.25. The second kappa shape index (κ2) is 3.10. The van der Waals surface area contributed by atoms with Crippen LogP contribution in [0.5, 0.6) is 0 Å². The van der Waals surface area contributed by atoms with Crippen molar-refractivity contribution in [3.05, 3.63) is 35.4 Å². The Bertz CT molecular complexity index is 367. The van der Waals surface area contributed by atoms with Crippen molar-refractivity contribution in [2.24, 2.45) is 0 Å². The molecule has 0 fully saturated rings. The van der Waals surface area contributed by atoms with E-state index in [2.05, 4.69) is 0 Å². The fourth-order valence-corrected chi connectivity index (χ4v) is 1.81. The van der Waals surface area contributed by atoms with E-state index < -0.39 is 5.79 Å². The number of cyclic esters (lactones) is 1. The minimum atomic E-state index is -0.867. The van der Waals surface area contributed by atoms with Gasteiger partial charge in [-0.25, -0.2) is 4.79 Å². The summed E-state index contributed by atoms with van der Waals surface area (Å²) in [7, 11) is 1.55. The van der Waals surface area contributed by atoms with Gasteiger partial charge in [-0.2, -0.15) is 0 Å². The molecule has 3 heteroatoms. The van der Waals surface area contributed by atoms with E-state index in [1.165, 1.54) is 0 Å². The van der Waals surface area contributed by atoms with E-state index in [0.29, 0.717) is 12.0 Å². The van der Waals surface area contributed by atoms with Gasteiger partial charge in [0.1, 0.15) is 0 Å². The molecule has 1 heterocycles. The summed E-state index contributed by atoms with van der Waals surface area (Å²) in [6.07, 6.45) is 0.617. The number of ether oxygens (including phenoxy) is 2. The van der Waals surface area contributed by atoms with Crippen LogP contribution < -0.4 is 0 Å². The zero-order valence-electron chi connectivity index (χ0n) is 8.24. The number of rotatable bonds is 2. The third-order valence-corrected chi connectivity index (χ3v) is 2.61. The van der Waals surface area contributed by atoms with Crippen molar-refractivity contribution >= 4 is 5.97 Å². The molecule has 1 aromatic carbocycles. The molecule has 74 valence electrons. The van der Waals surface area contributed by atoms with Crippen molar-refractivity contribution in [2.45, 2.75) is 19.1 Å². The van der Waals surface area contributed by atoms with Crippen molar-refractivity contribution in [3.8, 4) is 0 Å². The lowest BCUT2D eigenvalue weighted by molar-refractivity contribution is -0.188. The minimum Gasteiger partial charge on any atom is -0.425 e. The van der Waals surface area contributed by atoms with Crippen LogP contribution >= 0.6 is 0 Å². The van der Waals surface area contributed by atoms with E-state index >= 15 is 0 Å². The maximum absolute atomic E-state index is 11.5. The summed E-state index contributed by atoms with van der Waals surface area (Å²) < 4.78 is 10.6. The molecule has 14 heavy (non-hydrogen) atoms. The van der Waals surface area contributed by atoms with Crippen LogP contribution in [-0.4, -0.2) is 13.1 Å². The maximum Gasteiger partial charge on any atom is 0.341 e. The molecule has 1 aromatic rings. The Kier molecular flexibility index (Phi) is 2.04. The molecule has 0 radical (unpaired) electrons. The van der Waals surface area contributed by atoms with Crippen LogP contribution in [0.4, 0.5) is 0 Å². The highest BCUT2D eigenvalue weighted by atomic mass is 16.7. The average molecular weight is 192 g/mol. The highest BCUT2D eigenvalue weighted by Gasteiger charge is 2.44. The van der Waals surface area contributed by atoms with E-state index in [0.717, 1.165) is 5.56 Å². The number of carbonyl (C=O) groups excluding carboxylic acids is 1. The molecule has 1 unspecified atom stereocenters. The minimum absolute atomic E-state index is 0.302. The largest absolute Gasteiger partial charge is 0.425 e. The van der Waals surface area contributed by atoms with Crippen LogP contribution in [0.15, 0.2) is 24.3 Å². The molecule has 0 bridgehead atoms. The van der Waals surface area contributed by atoms with Gasteiger partial charge >= 0.3 is 5.97 Å². The molecule has 0 N–H and O–H groups in total. The summed E-state index contributed by atoms with van der Waals surface area (Å²) in [5, 5.41) is 0. The van der Waals surface area contributed by atoms with Crippen LogP contribution in [-0.2, 0) is 15.3 Å². The third-order valence-electron chi connectivity index (χ3n) is 2.61. The fourth-order valence-electron chi connectivity index (χ4n) is 1.81. The van der Waals surface area contributed by atoms with Gasteiger partial charge in [-0.15, -0.1) is 0 Å². The Morgan fingerprint density at radius 1 is 1.43 bits per heavy atom. The Morgan fingerprint density at radius 3 is 2.79 bits per heavy atom. The first kappa shape index (κ1) is 9.21. The zero-order chi connectivity index (χ0) is 10.2. The molecule has 3 nitrogen and oxygen atoms in total. The third kappa shape index (κ3) is 1.06. The number of benzene rings is 1. The second-order valence-corrected chi connectivity index (χ2v) is 3.25. The van der Waals surface area contributed by atoms with Gasteiger partial charge in [-0.1, -0.05) is 25.1 Å². The number of methoxy groups -OCH3 is 1. The van der Waals surface area contributed by atoms with Crippen LogP contribution in [0.1, 0.15) is 29.3 Å². The van der Waals surface area contributed by atoms with Crippen molar-refractivity contribution < 1.29 is 14.3 Å². The molecule has 0 spiro atoms. The number of hydrogen-bond donors (Lipinski definition) is 0. The molecular formula is C11H12O3. The Hall–Kier alpha value is -1.35. The molecule has 0 amide bonds. The Balaban J connectivity index is 2.58. The van der Waals surface area contributed by atoms with E-state index in [9.17, 15) is 4.79 Å². The number of hydrogen-bond acceptors (Lipinski definition) is 3. The Morgan fingerprint density at radius 2 is 2.14 bits per heavy atom. The van der Waals surface area contributed by atoms with E-state index in [-0.39, 0.29) is 5.97 Å². The highest BCUT2D eigenvalue weighted by molar-refractivity contribution is 5.94. The van der Waals surface area contributed by atoms with Crippen molar-refractivity contribution in [1.29, 1.82) is 0 Å². The molecule has 0 aliphatic carbocycles. The van der Waals surface area contributed by atoms with Gasteiger partial charge in [0.25, 0.3) is 0 Å². The zero-order valence-corrected chi connectivity index (χ0v) is 8.24. The summed E-state index contributed by atoms with van der Waals surface area (Å²) in [6.45, 7) is 1.93. The number of fused-ring (bicyclic) bond motifs is 1. The summed E-state index contributed by atoms with van der Waals surface area (Å²) in [6, 6.07) is 7.33. The summed E-state index contributed by atoms with van der Waals surface area (Å²) in [4.78, 5) is 11.5. The first-order valence-electron chi connectivity index (χ1n) is 4.61. The maximum atomic E-state index is 11.5.